The summed E-state index contributed by atoms with van der Waals surface area (Å²) in [5.41, 5.74) is 0. The number of methoxy groups -OCH3 is 1. The SMILES string of the molecule is CNC(CC1CC2CCC1C2)C(OC)C1CC1. The standard InChI is InChI=1S/C15H27NO/c1-16-14(15(17-2)11-5-6-11)9-13-8-10-3-4-12(13)7-10/h10-16H,3-9H2,1-2H3. The highest BCUT2D eigenvalue weighted by Crippen LogP contribution is 2.50. The molecule has 2 bridgehead atoms. The van der Waals surface area contributed by atoms with Gasteiger partial charge in [-0.3, -0.25) is 0 Å². The summed E-state index contributed by atoms with van der Waals surface area (Å²) in [6.45, 7) is 0. The fourth-order valence-corrected chi connectivity index (χ4v) is 4.52. The average molecular weight is 237 g/mol. The van der Waals surface area contributed by atoms with Gasteiger partial charge in [-0.2, -0.15) is 0 Å². The second kappa shape index (κ2) is 4.89. The van der Waals surface area contributed by atoms with E-state index in [2.05, 4.69) is 12.4 Å². The van der Waals surface area contributed by atoms with E-state index in [1.807, 2.05) is 7.11 Å². The van der Waals surface area contributed by atoms with Crippen molar-refractivity contribution in [3.63, 3.8) is 0 Å². The van der Waals surface area contributed by atoms with Gasteiger partial charge < -0.3 is 10.1 Å². The van der Waals surface area contributed by atoms with Crippen LogP contribution < -0.4 is 5.32 Å². The highest BCUT2D eigenvalue weighted by Gasteiger charge is 2.43. The molecule has 0 heterocycles. The molecule has 0 aromatic rings. The van der Waals surface area contributed by atoms with Crippen molar-refractivity contribution in [2.45, 2.75) is 57.1 Å². The zero-order chi connectivity index (χ0) is 11.8. The van der Waals surface area contributed by atoms with Gasteiger partial charge >= 0.3 is 0 Å². The summed E-state index contributed by atoms with van der Waals surface area (Å²) in [4.78, 5) is 0. The van der Waals surface area contributed by atoms with Crippen LogP contribution in [-0.2, 0) is 4.74 Å². The maximum absolute atomic E-state index is 5.76. The minimum Gasteiger partial charge on any atom is -0.380 e. The zero-order valence-electron chi connectivity index (χ0n) is 11.3. The maximum atomic E-state index is 5.76. The van der Waals surface area contributed by atoms with Gasteiger partial charge in [-0.05, 0) is 69.2 Å². The largest absolute Gasteiger partial charge is 0.380 e. The Morgan fingerprint density at radius 1 is 1.18 bits per heavy atom. The Morgan fingerprint density at radius 2 is 2.00 bits per heavy atom. The molecule has 0 radical (unpaired) electrons. The van der Waals surface area contributed by atoms with Crippen LogP contribution >= 0.6 is 0 Å². The van der Waals surface area contributed by atoms with Crippen LogP contribution in [0.4, 0.5) is 0 Å². The van der Waals surface area contributed by atoms with E-state index in [1.54, 1.807) is 0 Å². The van der Waals surface area contributed by atoms with Crippen molar-refractivity contribution in [3.05, 3.63) is 0 Å². The predicted octanol–water partition coefficient (Wildman–Crippen LogP) is 2.83. The molecule has 2 nitrogen and oxygen atoms in total. The van der Waals surface area contributed by atoms with E-state index < -0.39 is 0 Å². The van der Waals surface area contributed by atoms with Crippen molar-refractivity contribution in [3.8, 4) is 0 Å². The highest BCUT2D eigenvalue weighted by molar-refractivity contribution is 4.95. The lowest BCUT2D eigenvalue weighted by molar-refractivity contribution is 0.0421. The van der Waals surface area contributed by atoms with Crippen LogP contribution in [0.25, 0.3) is 0 Å². The van der Waals surface area contributed by atoms with E-state index in [0.29, 0.717) is 12.1 Å². The summed E-state index contributed by atoms with van der Waals surface area (Å²) in [6, 6.07) is 0.594. The Kier molecular flexibility index (Phi) is 3.45. The number of ether oxygens (including phenoxy) is 1. The predicted molar refractivity (Wildman–Crippen MR) is 69.9 cm³/mol. The fraction of sp³-hybridized carbons (Fsp3) is 1.00. The average Bonchev–Trinajstić information content (AvgIpc) is 2.97. The van der Waals surface area contributed by atoms with Crippen LogP contribution in [0.2, 0.25) is 0 Å². The van der Waals surface area contributed by atoms with Gasteiger partial charge in [0, 0.05) is 13.2 Å². The van der Waals surface area contributed by atoms with Crippen molar-refractivity contribution < 1.29 is 4.74 Å². The maximum Gasteiger partial charge on any atom is 0.0752 e. The molecule has 3 saturated carbocycles. The third-order valence-electron chi connectivity index (χ3n) is 5.57. The molecular weight excluding hydrogens is 210 g/mol. The van der Waals surface area contributed by atoms with Gasteiger partial charge in [0.1, 0.15) is 0 Å². The topological polar surface area (TPSA) is 21.3 Å². The second-order valence-corrected chi connectivity index (χ2v) is 6.60. The van der Waals surface area contributed by atoms with Crippen LogP contribution in [0.3, 0.4) is 0 Å². The molecule has 0 aliphatic heterocycles. The monoisotopic (exact) mass is 237 g/mol. The highest BCUT2D eigenvalue weighted by atomic mass is 16.5. The molecule has 3 fully saturated rings. The van der Waals surface area contributed by atoms with Gasteiger partial charge in [0.05, 0.1) is 6.10 Å². The summed E-state index contributed by atoms with van der Waals surface area (Å²) < 4.78 is 5.76. The van der Waals surface area contributed by atoms with Gasteiger partial charge in [0.25, 0.3) is 0 Å². The summed E-state index contributed by atoms with van der Waals surface area (Å²) in [5, 5.41) is 3.54. The van der Waals surface area contributed by atoms with E-state index in [9.17, 15) is 0 Å². The van der Waals surface area contributed by atoms with Crippen LogP contribution in [0.15, 0.2) is 0 Å². The van der Waals surface area contributed by atoms with Crippen molar-refractivity contribution in [1.29, 1.82) is 0 Å². The summed E-state index contributed by atoms with van der Waals surface area (Å²) >= 11 is 0. The Labute approximate surface area is 105 Å². The quantitative estimate of drug-likeness (QED) is 0.767. The molecule has 3 aliphatic rings. The third kappa shape index (κ3) is 2.39. The van der Waals surface area contributed by atoms with E-state index in [0.717, 1.165) is 23.7 Å². The Hall–Kier alpha value is -0.0800. The molecule has 3 aliphatic carbocycles. The Balaban J connectivity index is 1.57. The van der Waals surface area contributed by atoms with Crippen LogP contribution in [0.5, 0.6) is 0 Å². The van der Waals surface area contributed by atoms with Crippen LogP contribution in [0, 0.1) is 23.7 Å². The van der Waals surface area contributed by atoms with Gasteiger partial charge in [-0.25, -0.2) is 0 Å². The molecule has 2 heteroatoms. The lowest BCUT2D eigenvalue weighted by Gasteiger charge is -2.31. The smallest absolute Gasteiger partial charge is 0.0752 e. The first-order valence-corrected chi connectivity index (χ1v) is 7.52. The molecule has 0 spiro atoms. The van der Waals surface area contributed by atoms with Gasteiger partial charge in [0.15, 0.2) is 0 Å². The second-order valence-electron chi connectivity index (χ2n) is 6.60. The van der Waals surface area contributed by atoms with Crippen LogP contribution in [-0.4, -0.2) is 26.3 Å². The molecule has 0 aromatic heterocycles. The molecule has 5 atom stereocenters. The Morgan fingerprint density at radius 3 is 2.47 bits per heavy atom. The zero-order valence-corrected chi connectivity index (χ0v) is 11.3. The molecule has 0 saturated heterocycles. The van der Waals surface area contributed by atoms with Gasteiger partial charge in [0.2, 0.25) is 0 Å². The molecule has 1 N–H and O–H groups in total. The normalized spacial score (nSPS) is 39.5. The number of hydrogen-bond donors (Lipinski definition) is 1. The lowest BCUT2D eigenvalue weighted by Crippen LogP contribution is -2.42. The van der Waals surface area contributed by atoms with Crippen molar-refractivity contribution in [1.82, 2.24) is 5.32 Å². The van der Waals surface area contributed by atoms with Crippen molar-refractivity contribution in [2.75, 3.05) is 14.2 Å². The fourth-order valence-electron chi connectivity index (χ4n) is 4.52. The van der Waals surface area contributed by atoms with E-state index >= 15 is 0 Å². The van der Waals surface area contributed by atoms with Gasteiger partial charge in [-0.15, -0.1) is 0 Å². The molecule has 98 valence electrons. The van der Waals surface area contributed by atoms with E-state index in [1.165, 1.54) is 44.9 Å². The molecule has 0 aromatic carbocycles. The minimum absolute atomic E-state index is 0.471. The van der Waals surface area contributed by atoms with E-state index in [-0.39, 0.29) is 0 Å². The summed E-state index contributed by atoms with van der Waals surface area (Å²) in [5.74, 6) is 3.95. The molecule has 0 amide bonds. The van der Waals surface area contributed by atoms with Crippen molar-refractivity contribution in [2.24, 2.45) is 23.7 Å². The van der Waals surface area contributed by atoms with E-state index in [4.69, 9.17) is 4.74 Å². The first-order chi connectivity index (χ1) is 8.31. The molecule has 3 rings (SSSR count). The first-order valence-electron chi connectivity index (χ1n) is 7.52. The number of fused-ring (bicyclic) bond motifs is 2. The first kappa shape index (κ1) is 12.0. The van der Waals surface area contributed by atoms with Crippen LogP contribution in [0.1, 0.15) is 44.9 Å². The van der Waals surface area contributed by atoms with Gasteiger partial charge in [-0.1, -0.05) is 6.42 Å². The number of hydrogen-bond acceptors (Lipinski definition) is 2. The molecular formula is C15H27NO. The lowest BCUT2D eigenvalue weighted by atomic mass is 9.82. The Bertz CT molecular complexity index is 264. The summed E-state index contributed by atoms with van der Waals surface area (Å²) in [6.07, 6.45) is 10.6. The number of likely N-dealkylation sites (N-methyl/N-ethyl adjacent to an activating group) is 1. The third-order valence-corrected chi connectivity index (χ3v) is 5.57. The number of rotatable bonds is 6. The minimum atomic E-state index is 0.471. The van der Waals surface area contributed by atoms with Crippen molar-refractivity contribution >= 4 is 0 Å². The molecule has 17 heavy (non-hydrogen) atoms. The molecule has 5 unspecified atom stereocenters. The summed E-state index contributed by atoms with van der Waals surface area (Å²) in [7, 11) is 4.01. The number of nitrogens with one attached hydrogen (secondary N) is 1.